The van der Waals surface area contributed by atoms with Crippen LogP contribution in [0.2, 0.25) is 0 Å². The van der Waals surface area contributed by atoms with Gasteiger partial charge in [0, 0.05) is 11.8 Å². The molecule has 18 heavy (non-hydrogen) atoms. The number of carbonyl (C=O) groups is 1. The first-order chi connectivity index (χ1) is 8.49. The summed E-state index contributed by atoms with van der Waals surface area (Å²) in [6.07, 6.45) is 1.46. The average Bonchev–Trinajstić information content (AvgIpc) is 2.35. The maximum Gasteiger partial charge on any atom is 0.211 e. The lowest BCUT2D eigenvalue weighted by molar-refractivity contribution is 0.103. The van der Waals surface area contributed by atoms with Gasteiger partial charge in [0.2, 0.25) is 5.78 Å². The highest BCUT2D eigenvalue weighted by atomic mass is 19.2. The maximum atomic E-state index is 13.0. The fraction of sp³-hybridized carbons (Fsp3) is 0.0769. The van der Waals surface area contributed by atoms with Gasteiger partial charge < -0.3 is 0 Å². The monoisotopic (exact) mass is 251 g/mol. The van der Waals surface area contributed by atoms with Crippen molar-refractivity contribution in [2.45, 2.75) is 6.92 Å². The van der Waals surface area contributed by atoms with Crippen LogP contribution in [0.5, 0.6) is 0 Å². The summed E-state index contributed by atoms with van der Waals surface area (Å²) < 4.78 is 38.7. The van der Waals surface area contributed by atoms with Crippen LogP contribution in [0, 0.1) is 24.4 Å². The summed E-state index contributed by atoms with van der Waals surface area (Å²) in [4.78, 5) is 15.7. The van der Waals surface area contributed by atoms with E-state index >= 15 is 0 Å². The Hall–Kier alpha value is -2.17. The molecule has 0 saturated heterocycles. The zero-order valence-corrected chi connectivity index (χ0v) is 9.38. The molecule has 0 radical (unpaired) electrons. The molecule has 0 bridgehead atoms. The molecule has 5 heteroatoms. The van der Waals surface area contributed by atoms with Crippen molar-refractivity contribution in [3.05, 3.63) is 64.7 Å². The summed E-state index contributed by atoms with van der Waals surface area (Å²) in [7, 11) is 0. The van der Waals surface area contributed by atoms with Crippen LogP contribution in [0.3, 0.4) is 0 Å². The molecule has 0 spiro atoms. The number of nitrogens with zero attached hydrogens (tertiary/aromatic N) is 1. The molecule has 92 valence electrons. The van der Waals surface area contributed by atoms with E-state index in [0.29, 0.717) is 12.1 Å². The Morgan fingerprint density at radius 2 is 1.72 bits per heavy atom. The SMILES string of the molecule is Cc1ccc(C(=O)c2cc(F)c(F)c(F)c2)nc1. The van der Waals surface area contributed by atoms with Gasteiger partial charge in [-0.15, -0.1) is 0 Å². The van der Waals surface area contributed by atoms with Gasteiger partial charge in [-0.1, -0.05) is 6.07 Å². The minimum Gasteiger partial charge on any atom is -0.287 e. The lowest BCUT2D eigenvalue weighted by Crippen LogP contribution is -2.06. The summed E-state index contributed by atoms with van der Waals surface area (Å²) >= 11 is 0. The molecule has 1 heterocycles. The smallest absolute Gasteiger partial charge is 0.211 e. The first kappa shape index (κ1) is 12.3. The summed E-state index contributed by atoms with van der Waals surface area (Å²) in [5.41, 5.74) is 0.622. The molecule has 0 amide bonds. The second-order valence-corrected chi connectivity index (χ2v) is 3.80. The third-order valence-corrected chi connectivity index (χ3v) is 2.39. The van der Waals surface area contributed by atoms with Gasteiger partial charge in [-0.25, -0.2) is 13.2 Å². The van der Waals surface area contributed by atoms with E-state index < -0.39 is 23.2 Å². The van der Waals surface area contributed by atoms with E-state index in [1.807, 2.05) is 0 Å². The number of hydrogen-bond acceptors (Lipinski definition) is 2. The minimum absolute atomic E-state index is 0.0472. The van der Waals surface area contributed by atoms with Crippen molar-refractivity contribution in [1.82, 2.24) is 4.98 Å². The Morgan fingerprint density at radius 3 is 2.22 bits per heavy atom. The van der Waals surface area contributed by atoms with Crippen LogP contribution in [-0.2, 0) is 0 Å². The standard InChI is InChI=1S/C13H8F3NO/c1-7-2-3-11(17-6-7)13(18)8-4-9(14)12(16)10(15)5-8/h2-6H,1H3. The summed E-state index contributed by atoms with van der Waals surface area (Å²) in [5.74, 6) is -5.05. The highest BCUT2D eigenvalue weighted by Gasteiger charge is 2.16. The molecule has 0 atom stereocenters. The number of aromatic nitrogens is 1. The molecule has 2 nitrogen and oxygen atoms in total. The van der Waals surface area contributed by atoms with Crippen molar-refractivity contribution in [2.75, 3.05) is 0 Å². The number of carbonyl (C=O) groups excluding carboxylic acids is 1. The van der Waals surface area contributed by atoms with E-state index in [0.717, 1.165) is 5.56 Å². The molecule has 2 aromatic rings. The number of pyridine rings is 1. The van der Waals surface area contributed by atoms with Crippen LogP contribution in [0.1, 0.15) is 21.6 Å². The van der Waals surface area contributed by atoms with Gasteiger partial charge in [0.1, 0.15) is 5.69 Å². The van der Waals surface area contributed by atoms with E-state index in [2.05, 4.69) is 4.98 Å². The van der Waals surface area contributed by atoms with Crippen molar-refractivity contribution >= 4 is 5.78 Å². The van der Waals surface area contributed by atoms with E-state index in [9.17, 15) is 18.0 Å². The number of halogens is 3. The van der Waals surface area contributed by atoms with Crippen molar-refractivity contribution in [1.29, 1.82) is 0 Å². The van der Waals surface area contributed by atoms with Crippen molar-refractivity contribution in [2.24, 2.45) is 0 Å². The summed E-state index contributed by atoms with van der Waals surface area (Å²) in [5, 5.41) is 0. The fourth-order valence-electron chi connectivity index (χ4n) is 1.44. The molecule has 0 aliphatic heterocycles. The normalized spacial score (nSPS) is 10.4. The lowest BCUT2D eigenvalue weighted by atomic mass is 10.1. The van der Waals surface area contributed by atoms with Gasteiger partial charge in [-0.2, -0.15) is 0 Å². The molecular weight excluding hydrogens is 243 g/mol. The quantitative estimate of drug-likeness (QED) is 0.606. The molecule has 2 rings (SSSR count). The molecule has 0 saturated carbocycles. The molecule has 0 aliphatic carbocycles. The number of benzene rings is 1. The van der Waals surface area contributed by atoms with Gasteiger partial charge in [-0.05, 0) is 30.7 Å². The average molecular weight is 251 g/mol. The third kappa shape index (κ3) is 2.25. The van der Waals surface area contributed by atoms with Crippen LogP contribution >= 0.6 is 0 Å². The van der Waals surface area contributed by atoms with Crippen LogP contribution in [-0.4, -0.2) is 10.8 Å². The van der Waals surface area contributed by atoms with Gasteiger partial charge in [0.15, 0.2) is 17.5 Å². The Kier molecular flexibility index (Phi) is 3.14. The number of ketones is 1. The summed E-state index contributed by atoms with van der Waals surface area (Å²) in [6, 6.07) is 4.40. The van der Waals surface area contributed by atoms with E-state index in [1.54, 1.807) is 13.0 Å². The van der Waals surface area contributed by atoms with E-state index in [4.69, 9.17) is 0 Å². The van der Waals surface area contributed by atoms with E-state index in [-0.39, 0.29) is 11.3 Å². The highest BCUT2D eigenvalue weighted by Crippen LogP contribution is 2.16. The van der Waals surface area contributed by atoms with Crippen LogP contribution in [0.25, 0.3) is 0 Å². The molecule has 0 N–H and O–H groups in total. The fourth-order valence-corrected chi connectivity index (χ4v) is 1.44. The molecule has 1 aromatic carbocycles. The number of hydrogen-bond donors (Lipinski definition) is 0. The second-order valence-electron chi connectivity index (χ2n) is 3.80. The third-order valence-electron chi connectivity index (χ3n) is 2.39. The highest BCUT2D eigenvalue weighted by molar-refractivity contribution is 6.07. The number of aryl methyl sites for hydroxylation is 1. The predicted molar refractivity (Wildman–Crippen MR) is 58.7 cm³/mol. The topological polar surface area (TPSA) is 30.0 Å². The van der Waals surface area contributed by atoms with Gasteiger partial charge >= 0.3 is 0 Å². The Labute approximate surface area is 101 Å². The molecule has 0 fully saturated rings. The van der Waals surface area contributed by atoms with E-state index in [1.165, 1.54) is 12.3 Å². The molecular formula is C13H8F3NO. The Morgan fingerprint density at radius 1 is 1.11 bits per heavy atom. The first-order valence-corrected chi connectivity index (χ1v) is 5.11. The lowest BCUT2D eigenvalue weighted by Gasteiger charge is -2.02. The first-order valence-electron chi connectivity index (χ1n) is 5.11. The number of rotatable bonds is 2. The van der Waals surface area contributed by atoms with Crippen molar-refractivity contribution in [3.8, 4) is 0 Å². The van der Waals surface area contributed by atoms with Crippen LogP contribution < -0.4 is 0 Å². The van der Waals surface area contributed by atoms with Gasteiger partial charge in [0.25, 0.3) is 0 Å². The van der Waals surface area contributed by atoms with Crippen molar-refractivity contribution < 1.29 is 18.0 Å². The molecule has 0 unspecified atom stereocenters. The van der Waals surface area contributed by atoms with Crippen molar-refractivity contribution in [3.63, 3.8) is 0 Å². The zero-order chi connectivity index (χ0) is 13.3. The van der Waals surface area contributed by atoms with Gasteiger partial charge in [0.05, 0.1) is 0 Å². The van der Waals surface area contributed by atoms with Gasteiger partial charge in [-0.3, -0.25) is 9.78 Å². The van der Waals surface area contributed by atoms with Crippen LogP contribution in [0.15, 0.2) is 30.5 Å². The minimum atomic E-state index is -1.59. The molecule has 1 aromatic heterocycles. The maximum absolute atomic E-state index is 13.0. The zero-order valence-electron chi connectivity index (χ0n) is 9.38. The molecule has 0 aliphatic rings. The predicted octanol–water partition coefficient (Wildman–Crippen LogP) is 3.04. The largest absolute Gasteiger partial charge is 0.287 e. The Bertz CT molecular complexity index is 585. The second kappa shape index (κ2) is 4.60. The van der Waals surface area contributed by atoms with Crippen LogP contribution in [0.4, 0.5) is 13.2 Å². The summed E-state index contributed by atoms with van der Waals surface area (Å²) in [6.45, 7) is 1.79. The Balaban J connectivity index is 2.43.